The number of benzene rings is 2. The van der Waals surface area contributed by atoms with Crippen LogP contribution in [0.2, 0.25) is 0 Å². The van der Waals surface area contributed by atoms with Crippen molar-refractivity contribution >= 4 is 11.9 Å². The first-order chi connectivity index (χ1) is 17.5. The molecule has 0 aliphatic carbocycles. The summed E-state index contributed by atoms with van der Waals surface area (Å²) in [6, 6.07) is 9.01. The van der Waals surface area contributed by atoms with Gasteiger partial charge in [-0.3, -0.25) is 0 Å². The van der Waals surface area contributed by atoms with Gasteiger partial charge in [-0.15, -0.1) is 0 Å². The minimum absolute atomic E-state index is 0.0311. The van der Waals surface area contributed by atoms with E-state index in [4.69, 9.17) is 23.7 Å². The fourth-order valence-electron chi connectivity index (χ4n) is 2.74. The molecule has 1 unspecified atom stereocenters. The van der Waals surface area contributed by atoms with E-state index in [1.165, 1.54) is 19.9 Å². The second kappa shape index (κ2) is 13.8. The summed E-state index contributed by atoms with van der Waals surface area (Å²) in [5.74, 6) is -1.08. The molecule has 2 aromatic carbocycles. The summed E-state index contributed by atoms with van der Waals surface area (Å²) in [4.78, 5) is 23.1. The third-order valence-corrected chi connectivity index (χ3v) is 4.71. The zero-order valence-corrected chi connectivity index (χ0v) is 21.2. The number of rotatable bonds is 14. The summed E-state index contributed by atoms with van der Waals surface area (Å²) in [6.45, 7) is 15.1. The van der Waals surface area contributed by atoms with Gasteiger partial charge in [-0.05, 0) is 50.1 Å². The highest BCUT2D eigenvalue weighted by Crippen LogP contribution is 2.36. The number of hydrogen-bond acceptors (Lipinski definition) is 8. The molecule has 0 aliphatic heterocycles. The molecule has 9 heteroatoms. The Balaban J connectivity index is 2.21. The zero-order valence-electron chi connectivity index (χ0n) is 21.2. The van der Waals surface area contributed by atoms with Crippen molar-refractivity contribution in [2.24, 2.45) is 0 Å². The largest absolute Gasteiger partial charge is 0.486 e. The van der Waals surface area contributed by atoms with E-state index in [9.17, 15) is 14.7 Å². The van der Waals surface area contributed by atoms with Crippen molar-refractivity contribution < 1.29 is 42.8 Å². The number of ether oxygens (including phenoxy) is 5. The van der Waals surface area contributed by atoms with Crippen molar-refractivity contribution in [2.45, 2.75) is 27.1 Å². The van der Waals surface area contributed by atoms with Crippen molar-refractivity contribution in [3.8, 4) is 28.4 Å². The molecule has 0 radical (unpaired) electrons. The number of halogens is 1. The van der Waals surface area contributed by atoms with Crippen LogP contribution in [0.25, 0.3) is 11.1 Å². The van der Waals surface area contributed by atoms with Crippen LogP contribution in [0.1, 0.15) is 20.8 Å². The minimum atomic E-state index is -1.16. The summed E-state index contributed by atoms with van der Waals surface area (Å²) in [6.07, 6.45) is -1.16. The van der Waals surface area contributed by atoms with Gasteiger partial charge in [0, 0.05) is 22.8 Å². The third kappa shape index (κ3) is 9.12. The van der Waals surface area contributed by atoms with Crippen molar-refractivity contribution in [2.75, 3.05) is 26.4 Å². The molecule has 0 aliphatic rings. The Bertz CT molecular complexity index is 1150. The maximum absolute atomic E-state index is 15.1. The first-order valence-corrected chi connectivity index (χ1v) is 11.3. The Hall–Kier alpha value is -4.11. The number of aliphatic hydroxyl groups excluding tert-OH is 1. The van der Waals surface area contributed by atoms with Gasteiger partial charge in [-0.25, -0.2) is 14.0 Å². The van der Waals surface area contributed by atoms with E-state index in [0.29, 0.717) is 16.9 Å². The molecule has 2 rings (SSSR count). The van der Waals surface area contributed by atoms with Gasteiger partial charge in [-0.1, -0.05) is 31.9 Å². The SMILES string of the molecule is C=C(C)C(=O)OCCOc1cc(F)c(-c2ccc(OC(O)C(=C)C)cc2)cc1OCCOC(=O)C(=C)C. The van der Waals surface area contributed by atoms with Gasteiger partial charge in [0.2, 0.25) is 6.29 Å². The molecule has 0 saturated carbocycles. The van der Waals surface area contributed by atoms with Crippen LogP contribution in [0.15, 0.2) is 72.9 Å². The smallest absolute Gasteiger partial charge is 0.333 e. The molecule has 2 aromatic rings. The average Bonchev–Trinajstić information content (AvgIpc) is 2.85. The predicted molar refractivity (Wildman–Crippen MR) is 136 cm³/mol. The standard InChI is InChI=1S/C28H31FO8/c1-17(2)26(30)35-13-11-33-24-15-22(20-7-9-21(10-8-20)37-28(32)19(5)6)23(29)16-25(24)34-12-14-36-27(31)18(3)4/h7-10,15-16,28,32H,1,3,5,11-14H2,2,4,6H3. The fraction of sp³-hybridized carbons (Fsp3) is 0.286. The van der Waals surface area contributed by atoms with Crippen LogP contribution in [0.3, 0.4) is 0 Å². The summed E-state index contributed by atoms with van der Waals surface area (Å²) >= 11 is 0. The van der Waals surface area contributed by atoms with Crippen LogP contribution >= 0.6 is 0 Å². The van der Waals surface area contributed by atoms with Crippen LogP contribution < -0.4 is 14.2 Å². The van der Waals surface area contributed by atoms with Gasteiger partial charge in [0.05, 0.1) is 0 Å². The second-order valence-electron chi connectivity index (χ2n) is 8.15. The first-order valence-electron chi connectivity index (χ1n) is 11.3. The molecule has 1 N–H and O–H groups in total. The topological polar surface area (TPSA) is 101 Å². The zero-order chi connectivity index (χ0) is 27.5. The highest BCUT2D eigenvalue weighted by molar-refractivity contribution is 5.87. The third-order valence-electron chi connectivity index (χ3n) is 4.71. The van der Waals surface area contributed by atoms with Gasteiger partial charge in [0.15, 0.2) is 11.5 Å². The van der Waals surface area contributed by atoms with E-state index >= 15 is 4.39 Å². The highest BCUT2D eigenvalue weighted by Gasteiger charge is 2.16. The Morgan fingerprint density at radius 1 is 0.838 bits per heavy atom. The molecule has 8 nitrogen and oxygen atoms in total. The molecule has 1 atom stereocenters. The molecular weight excluding hydrogens is 483 g/mol. The summed E-state index contributed by atoms with van der Waals surface area (Å²) in [7, 11) is 0. The van der Waals surface area contributed by atoms with E-state index in [2.05, 4.69) is 19.7 Å². The maximum atomic E-state index is 15.1. The number of carbonyl (C=O) groups excluding carboxylic acids is 2. The van der Waals surface area contributed by atoms with Gasteiger partial charge in [0.1, 0.15) is 38.0 Å². The lowest BCUT2D eigenvalue weighted by atomic mass is 10.0. The molecule has 0 aromatic heterocycles. The molecule has 0 amide bonds. The highest BCUT2D eigenvalue weighted by atomic mass is 19.1. The van der Waals surface area contributed by atoms with E-state index in [-0.39, 0.29) is 54.6 Å². The monoisotopic (exact) mass is 514 g/mol. The molecule has 37 heavy (non-hydrogen) atoms. The quantitative estimate of drug-likeness (QED) is 0.127. The molecule has 0 spiro atoms. The summed E-state index contributed by atoms with van der Waals surface area (Å²) in [5.41, 5.74) is 1.66. The molecule has 0 heterocycles. The first kappa shape index (κ1) is 29.1. The van der Waals surface area contributed by atoms with E-state index in [1.807, 2.05) is 0 Å². The number of aliphatic hydroxyl groups is 1. The molecule has 0 saturated heterocycles. The Kier molecular flexibility index (Phi) is 10.9. The number of hydrogen-bond donors (Lipinski definition) is 1. The van der Waals surface area contributed by atoms with Gasteiger partial charge < -0.3 is 28.8 Å². The van der Waals surface area contributed by atoms with Crippen molar-refractivity contribution in [1.82, 2.24) is 0 Å². The molecule has 198 valence electrons. The van der Waals surface area contributed by atoms with Crippen LogP contribution in [-0.4, -0.2) is 49.8 Å². The molecular formula is C28H31FO8. The Morgan fingerprint density at radius 2 is 1.32 bits per heavy atom. The van der Waals surface area contributed by atoms with Crippen molar-refractivity contribution in [3.63, 3.8) is 0 Å². The maximum Gasteiger partial charge on any atom is 0.333 e. The lowest BCUT2D eigenvalue weighted by molar-refractivity contribution is -0.140. The number of carbonyl (C=O) groups is 2. The van der Waals surface area contributed by atoms with Gasteiger partial charge >= 0.3 is 11.9 Å². The van der Waals surface area contributed by atoms with Crippen LogP contribution in [0.5, 0.6) is 17.2 Å². The second-order valence-corrected chi connectivity index (χ2v) is 8.15. The molecule has 0 bridgehead atoms. The van der Waals surface area contributed by atoms with Crippen LogP contribution in [-0.2, 0) is 19.1 Å². The minimum Gasteiger partial charge on any atom is -0.486 e. The Morgan fingerprint density at radius 3 is 1.78 bits per heavy atom. The average molecular weight is 515 g/mol. The summed E-state index contributed by atoms with van der Waals surface area (Å²) < 4.78 is 41.7. The van der Waals surface area contributed by atoms with Crippen molar-refractivity contribution in [3.05, 3.63) is 78.7 Å². The van der Waals surface area contributed by atoms with E-state index in [1.54, 1.807) is 31.2 Å². The van der Waals surface area contributed by atoms with E-state index < -0.39 is 24.0 Å². The lowest BCUT2D eigenvalue weighted by Crippen LogP contribution is -2.15. The Labute approximate surface area is 215 Å². The molecule has 0 fully saturated rings. The van der Waals surface area contributed by atoms with Crippen LogP contribution in [0, 0.1) is 5.82 Å². The lowest BCUT2D eigenvalue weighted by Gasteiger charge is -2.16. The normalized spacial score (nSPS) is 11.2. The number of esters is 2. The predicted octanol–water partition coefficient (Wildman–Crippen LogP) is 4.76. The fourth-order valence-corrected chi connectivity index (χ4v) is 2.74. The van der Waals surface area contributed by atoms with Crippen LogP contribution in [0.4, 0.5) is 4.39 Å². The summed E-state index contributed by atoms with van der Waals surface area (Å²) in [5, 5.41) is 9.81. The van der Waals surface area contributed by atoms with Gasteiger partial charge in [0.25, 0.3) is 0 Å². The van der Waals surface area contributed by atoms with Crippen molar-refractivity contribution in [1.29, 1.82) is 0 Å². The van der Waals surface area contributed by atoms with Gasteiger partial charge in [-0.2, -0.15) is 0 Å². The van der Waals surface area contributed by atoms with E-state index in [0.717, 1.165) is 6.07 Å².